The van der Waals surface area contributed by atoms with Crippen LogP contribution in [-0.2, 0) is 10.8 Å². The molecule has 1 heterocycles. The van der Waals surface area contributed by atoms with Crippen molar-refractivity contribution in [1.82, 2.24) is 0 Å². The maximum absolute atomic E-state index is 13.0. The van der Waals surface area contributed by atoms with Crippen molar-refractivity contribution in [2.24, 2.45) is 0 Å². The van der Waals surface area contributed by atoms with Crippen molar-refractivity contribution in [1.29, 1.82) is 0 Å². The van der Waals surface area contributed by atoms with E-state index in [0.717, 1.165) is 6.07 Å². The Bertz CT molecular complexity index is 676. The van der Waals surface area contributed by atoms with Crippen LogP contribution in [0.2, 0.25) is 0 Å². The summed E-state index contributed by atoms with van der Waals surface area (Å²) in [7, 11) is 0. The van der Waals surface area contributed by atoms with E-state index >= 15 is 0 Å². The summed E-state index contributed by atoms with van der Waals surface area (Å²) in [5.41, 5.74) is -7.21. The Morgan fingerprint density at radius 2 is 1.54 bits per heavy atom. The lowest BCUT2D eigenvalue weighted by Gasteiger charge is -2.38. The second kappa shape index (κ2) is 5.13. The van der Waals surface area contributed by atoms with Gasteiger partial charge in [0, 0.05) is 11.1 Å². The zero-order chi connectivity index (χ0) is 18.7. The van der Waals surface area contributed by atoms with Crippen molar-refractivity contribution in [2.45, 2.75) is 44.3 Å². The second-order valence-electron chi connectivity index (χ2n) is 6.21. The van der Waals surface area contributed by atoms with Gasteiger partial charge >= 0.3 is 12.4 Å². The van der Waals surface area contributed by atoms with Crippen molar-refractivity contribution in [3.05, 3.63) is 35.4 Å². The minimum absolute atomic E-state index is 0.0598. The molecule has 1 aliphatic heterocycles. The number of hydroxylamine groups is 1. The summed E-state index contributed by atoms with van der Waals surface area (Å²) in [4.78, 5) is 0. The van der Waals surface area contributed by atoms with Crippen LogP contribution in [-0.4, -0.2) is 23.0 Å². The van der Waals surface area contributed by atoms with E-state index in [1.807, 2.05) is 0 Å². The number of hydrogen-bond donors (Lipinski definition) is 1. The van der Waals surface area contributed by atoms with Crippen molar-refractivity contribution >= 4 is 11.3 Å². The Morgan fingerprint density at radius 1 is 1.04 bits per heavy atom. The Labute approximate surface area is 133 Å². The number of hydrogen-bond acceptors (Lipinski definition) is 2. The number of anilines is 1. The van der Waals surface area contributed by atoms with E-state index in [-0.39, 0.29) is 11.3 Å². The number of halogens is 6. The number of allylic oxidation sites excluding steroid dienone is 1. The maximum Gasteiger partial charge on any atom is 0.430 e. The summed E-state index contributed by atoms with van der Waals surface area (Å²) in [5, 5.41) is 22.2. The molecule has 133 valence electrons. The SMILES string of the molecule is CC1=CC(C)(C)N([O])c2ccc(C(O)(C(F)(F)F)C(F)(F)F)cc21. The van der Waals surface area contributed by atoms with Gasteiger partial charge in [-0.05, 0) is 38.5 Å². The van der Waals surface area contributed by atoms with Crippen LogP contribution >= 0.6 is 0 Å². The second-order valence-corrected chi connectivity index (χ2v) is 6.21. The van der Waals surface area contributed by atoms with E-state index in [1.54, 1.807) is 13.8 Å². The first-order valence-electron chi connectivity index (χ1n) is 6.80. The summed E-state index contributed by atoms with van der Waals surface area (Å²) >= 11 is 0. The van der Waals surface area contributed by atoms with Crippen LogP contribution in [0.5, 0.6) is 0 Å². The van der Waals surface area contributed by atoms with Crippen molar-refractivity contribution in [2.75, 3.05) is 5.06 Å². The van der Waals surface area contributed by atoms with Gasteiger partial charge in [0.25, 0.3) is 5.60 Å². The molecule has 1 aromatic carbocycles. The van der Waals surface area contributed by atoms with Gasteiger partial charge < -0.3 is 5.11 Å². The molecule has 2 rings (SSSR count). The van der Waals surface area contributed by atoms with Gasteiger partial charge in [-0.25, -0.2) is 5.06 Å². The Balaban J connectivity index is 2.70. The summed E-state index contributed by atoms with van der Waals surface area (Å²) < 4.78 is 77.7. The molecule has 24 heavy (non-hydrogen) atoms. The predicted molar refractivity (Wildman–Crippen MR) is 73.3 cm³/mol. The molecule has 0 aromatic heterocycles. The minimum Gasteiger partial charge on any atom is -0.369 e. The van der Waals surface area contributed by atoms with Crippen molar-refractivity contribution in [3.63, 3.8) is 0 Å². The monoisotopic (exact) mass is 354 g/mol. The highest BCUT2D eigenvalue weighted by Gasteiger charge is 2.71. The van der Waals surface area contributed by atoms with E-state index in [1.165, 1.54) is 13.0 Å². The lowest BCUT2D eigenvalue weighted by atomic mass is 9.85. The molecule has 0 saturated heterocycles. The Kier molecular flexibility index (Phi) is 3.97. The fourth-order valence-corrected chi connectivity index (χ4v) is 2.72. The third-order valence-corrected chi connectivity index (χ3v) is 3.97. The summed E-state index contributed by atoms with van der Waals surface area (Å²) in [6.45, 7) is 4.59. The molecule has 0 amide bonds. The molecule has 3 nitrogen and oxygen atoms in total. The molecular formula is C15H14F6NO2. The largest absolute Gasteiger partial charge is 0.430 e. The molecular weight excluding hydrogens is 340 g/mol. The lowest BCUT2D eigenvalue weighted by Crippen LogP contribution is -2.54. The highest BCUT2D eigenvalue weighted by atomic mass is 19.4. The van der Waals surface area contributed by atoms with Gasteiger partial charge in [0.2, 0.25) is 0 Å². The van der Waals surface area contributed by atoms with E-state index in [9.17, 15) is 36.7 Å². The highest BCUT2D eigenvalue weighted by molar-refractivity contribution is 5.80. The van der Waals surface area contributed by atoms with Crippen molar-refractivity contribution in [3.8, 4) is 0 Å². The fraction of sp³-hybridized carbons (Fsp3) is 0.467. The van der Waals surface area contributed by atoms with Gasteiger partial charge in [0.1, 0.15) is 0 Å². The van der Waals surface area contributed by atoms with Crippen LogP contribution in [0.4, 0.5) is 32.0 Å². The van der Waals surface area contributed by atoms with Crippen molar-refractivity contribution < 1.29 is 36.7 Å². The van der Waals surface area contributed by atoms with E-state index in [0.29, 0.717) is 22.8 Å². The average molecular weight is 354 g/mol. The van der Waals surface area contributed by atoms with Crippen LogP contribution < -0.4 is 5.06 Å². The minimum atomic E-state index is -5.97. The first kappa shape index (κ1) is 18.6. The number of nitrogens with zero attached hydrogens (tertiary/aromatic N) is 1. The van der Waals surface area contributed by atoms with Gasteiger partial charge in [0.05, 0.1) is 11.2 Å². The summed E-state index contributed by atoms with van der Waals surface area (Å²) in [6, 6.07) is 1.89. The van der Waals surface area contributed by atoms with Crippen LogP contribution in [0.15, 0.2) is 24.3 Å². The highest BCUT2D eigenvalue weighted by Crippen LogP contribution is 2.51. The first-order valence-corrected chi connectivity index (χ1v) is 6.80. The molecule has 0 fully saturated rings. The molecule has 0 atom stereocenters. The maximum atomic E-state index is 13.0. The quantitative estimate of drug-likeness (QED) is 0.762. The zero-order valence-electron chi connectivity index (χ0n) is 12.9. The number of fused-ring (bicyclic) bond motifs is 1. The van der Waals surface area contributed by atoms with Gasteiger partial charge in [-0.1, -0.05) is 17.3 Å². The smallest absolute Gasteiger partial charge is 0.369 e. The topological polar surface area (TPSA) is 43.4 Å². The average Bonchev–Trinajstić information content (AvgIpc) is 2.40. The third kappa shape index (κ3) is 2.55. The Hall–Kier alpha value is -1.74. The first-order chi connectivity index (χ1) is 10.6. The number of rotatable bonds is 1. The zero-order valence-corrected chi connectivity index (χ0v) is 12.9. The van der Waals surface area contributed by atoms with E-state index in [4.69, 9.17) is 0 Å². The molecule has 0 bridgehead atoms. The standard InChI is InChI=1S/C15H14F6NO2/c1-8-7-12(2,3)22(24)11-5-4-9(6-10(8)11)13(23,14(16,17)18)15(19,20)21/h4-7,23H,1-3H3. The summed E-state index contributed by atoms with van der Waals surface area (Å²) in [5.74, 6) is 0. The molecule has 1 radical (unpaired) electrons. The molecule has 0 unspecified atom stereocenters. The van der Waals surface area contributed by atoms with Crippen LogP contribution in [0.3, 0.4) is 0 Å². The van der Waals surface area contributed by atoms with Gasteiger partial charge in [-0.2, -0.15) is 26.3 Å². The lowest BCUT2D eigenvalue weighted by molar-refractivity contribution is -0.376. The molecule has 0 spiro atoms. The van der Waals surface area contributed by atoms with Gasteiger partial charge in [0.15, 0.2) is 0 Å². The normalized spacial score (nSPS) is 18.3. The van der Waals surface area contributed by atoms with E-state index in [2.05, 4.69) is 0 Å². The Morgan fingerprint density at radius 3 is 2.00 bits per heavy atom. The molecule has 0 aliphatic carbocycles. The molecule has 1 aliphatic rings. The number of alkyl halides is 6. The van der Waals surface area contributed by atoms with Gasteiger partial charge in [-0.3, -0.25) is 0 Å². The number of benzene rings is 1. The van der Waals surface area contributed by atoms with Crippen LogP contribution in [0, 0.1) is 0 Å². The van der Waals surface area contributed by atoms with Crippen LogP contribution in [0.1, 0.15) is 31.9 Å². The predicted octanol–water partition coefficient (Wildman–Crippen LogP) is 4.35. The van der Waals surface area contributed by atoms with Gasteiger partial charge in [-0.15, -0.1) is 0 Å². The molecule has 0 saturated carbocycles. The number of aliphatic hydroxyl groups is 1. The summed E-state index contributed by atoms with van der Waals surface area (Å²) in [6.07, 6.45) is -10.5. The van der Waals surface area contributed by atoms with Crippen LogP contribution in [0.25, 0.3) is 5.57 Å². The van der Waals surface area contributed by atoms with E-state index < -0.39 is 29.1 Å². The molecule has 9 heteroatoms. The molecule has 1 N–H and O–H groups in total. The molecule has 1 aromatic rings. The fourth-order valence-electron chi connectivity index (χ4n) is 2.72. The third-order valence-electron chi connectivity index (χ3n) is 3.97.